The molecule has 1 aromatic carbocycles. The number of amides is 2. The molecule has 0 spiro atoms. The Balaban J connectivity index is 1.58. The van der Waals surface area contributed by atoms with E-state index in [-0.39, 0.29) is 6.03 Å². The molecule has 7 nitrogen and oxygen atoms in total. The summed E-state index contributed by atoms with van der Waals surface area (Å²) in [5.41, 5.74) is 4.78. The van der Waals surface area contributed by atoms with Gasteiger partial charge in [0.15, 0.2) is 5.65 Å². The van der Waals surface area contributed by atoms with Crippen molar-refractivity contribution in [2.75, 3.05) is 17.7 Å². The molecular weight excluding hydrogens is 352 g/mol. The highest BCUT2D eigenvalue weighted by molar-refractivity contribution is 5.93. The van der Waals surface area contributed by atoms with Gasteiger partial charge in [0, 0.05) is 43.3 Å². The van der Waals surface area contributed by atoms with Crippen LogP contribution in [0.4, 0.5) is 16.3 Å². The van der Waals surface area contributed by atoms with Crippen LogP contribution in [0.1, 0.15) is 37.7 Å². The van der Waals surface area contributed by atoms with Crippen molar-refractivity contribution < 1.29 is 4.79 Å². The minimum atomic E-state index is -0.0706. The van der Waals surface area contributed by atoms with E-state index in [9.17, 15) is 4.79 Å². The molecule has 2 aliphatic rings. The van der Waals surface area contributed by atoms with Gasteiger partial charge in [-0.05, 0) is 30.5 Å². The van der Waals surface area contributed by atoms with Gasteiger partial charge in [0.25, 0.3) is 0 Å². The van der Waals surface area contributed by atoms with Crippen LogP contribution in [0, 0.1) is 0 Å². The van der Waals surface area contributed by atoms with E-state index in [1.807, 2.05) is 18.3 Å². The first-order valence-corrected chi connectivity index (χ1v) is 9.93. The van der Waals surface area contributed by atoms with Crippen LogP contribution in [-0.2, 0) is 6.54 Å². The van der Waals surface area contributed by atoms with Crippen LogP contribution in [0.2, 0.25) is 0 Å². The average Bonchev–Trinajstić information content (AvgIpc) is 3.08. The standard InChI is InChI=1S/C21H24N6O/c1-26-13-15-11-14(7-8-17(15)24-21(26)28)19-20(23-16-5-3-2-4-6-16)27-10-9-22-12-18(27)25-19/h7-12,16,23H,2-6,13H2,1H3,(H,24,28). The first-order chi connectivity index (χ1) is 13.7. The Bertz CT molecular complexity index is 1040. The summed E-state index contributed by atoms with van der Waals surface area (Å²) in [6.45, 7) is 0.593. The fraction of sp³-hybridized carbons (Fsp3) is 0.381. The summed E-state index contributed by atoms with van der Waals surface area (Å²) in [5.74, 6) is 1.03. The second kappa shape index (κ2) is 6.82. The van der Waals surface area contributed by atoms with Crippen molar-refractivity contribution in [2.45, 2.75) is 44.7 Å². The van der Waals surface area contributed by atoms with E-state index in [1.54, 1.807) is 24.3 Å². The Morgan fingerprint density at radius 2 is 2.07 bits per heavy atom. The number of urea groups is 1. The molecule has 3 aromatic rings. The van der Waals surface area contributed by atoms with Crippen molar-refractivity contribution in [1.29, 1.82) is 0 Å². The predicted octanol–water partition coefficient (Wildman–Crippen LogP) is 4.12. The summed E-state index contributed by atoms with van der Waals surface area (Å²) in [5, 5.41) is 6.69. The Labute approximate surface area is 163 Å². The zero-order valence-electron chi connectivity index (χ0n) is 16.0. The maximum Gasteiger partial charge on any atom is 0.321 e. The quantitative estimate of drug-likeness (QED) is 0.721. The molecule has 0 unspecified atom stereocenters. The van der Waals surface area contributed by atoms with Crippen molar-refractivity contribution in [1.82, 2.24) is 19.3 Å². The molecule has 1 aliphatic heterocycles. The third-order valence-electron chi connectivity index (χ3n) is 5.75. The number of fused-ring (bicyclic) bond motifs is 2. The minimum absolute atomic E-state index is 0.0706. The van der Waals surface area contributed by atoms with Gasteiger partial charge in [-0.15, -0.1) is 0 Å². The van der Waals surface area contributed by atoms with Gasteiger partial charge in [-0.1, -0.05) is 25.3 Å². The third-order valence-corrected chi connectivity index (χ3v) is 5.75. The van der Waals surface area contributed by atoms with Crippen LogP contribution in [0.25, 0.3) is 16.9 Å². The van der Waals surface area contributed by atoms with Gasteiger partial charge in [0.1, 0.15) is 11.5 Å². The Kier molecular flexibility index (Phi) is 4.15. The number of carbonyl (C=O) groups excluding carboxylic acids is 1. The lowest BCUT2D eigenvalue weighted by molar-refractivity contribution is 0.218. The van der Waals surface area contributed by atoms with Gasteiger partial charge in [-0.25, -0.2) is 9.78 Å². The van der Waals surface area contributed by atoms with E-state index in [2.05, 4.69) is 26.1 Å². The number of benzene rings is 1. The van der Waals surface area contributed by atoms with Crippen LogP contribution in [0.5, 0.6) is 0 Å². The number of aromatic nitrogens is 3. The number of carbonyl (C=O) groups is 1. The van der Waals surface area contributed by atoms with E-state index < -0.39 is 0 Å². The number of anilines is 2. The van der Waals surface area contributed by atoms with Gasteiger partial charge >= 0.3 is 6.03 Å². The average molecular weight is 376 g/mol. The molecule has 1 fully saturated rings. The smallest absolute Gasteiger partial charge is 0.321 e. The molecule has 2 amide bonds. The van der Waals surface area contributed by atoms with Crippen molar-refractivity contribution in [3.63, 3.8) is 0 Å². The number of nitrogens with one attached hydrogen (secondary N) is 2. The molecule has 5 rings (SSSR count). The third kappa shape index (κ3) is 2.96. The Morgan fingerprint density at radius 3 is 2.93 bits per heavy atom. The van der Waals surface area contributed by atoms with Gasteiger partial charge in [-0.2, -0.15) is 0 Å². The Hall–Kier alpha value is -3.09. The second-order valence-corrected chi connectivity index (χ2v) is 7.75. The maximum atomic E-state index is 11.9. The molecule has 0 saturated heterocycles. The lowest BCUT2D eigenvalue weighted by Crippen LogP contribution is -2.35. The van der Waals surface area contributed by atoms with Crippen molar-refractivity contribution in [2.24, 2.45) is 0 Å². The lowest BCUT2D eigenvalue weighted by Gasteiger charge is -2.26. The fourth-order valence-corrected chi connectivity index (χ4v) is 4.22. The topological polar surface area (TPSA) is 74.6 Å². The number of hydrogen-bond donors (Lipinski definition) is 2. The molecule has 2 aromatic heterocycles. The van der Waals surface area contributed by atoms with Crippen LogP contribution >= 0.6 is 0 Å². The molecule has 0 bridgehead atoms. The van der Waals surface area contributed by atoms with Crippen molar-refractivity contribution >= 4 is 23.2 Å². The molecular formula is C21H24N6O. The molecule has 0 atom stereocenters. The lowest BCUT2D eigenvalue weighted by atomic mass is 9.95. The molecule has 1 aliphatic carbocycles. The summed E-state index contributed by atoms with van der Waals surface area (Å²) < 4.78 is 2.09. The van der Waals surface area contributed by atoms with Crippen molar-refractivity contribution in [3.8, 4) is 11.3 Å². The summed E-state index contributed by atoms with van der Waals surface area (Å²) in [6.07, 6.45) is 11.8. The summed E-state index contributed by atoms with van der Waals surface area (Å²) >= 11 is 0. The molecule has 0 radical (unpaired) electrons. The Morgan fingerprint density at radius 1 is 1.21 bits per heavy atom. The first-order valence-electron chi connectivity index (χ1n) is 9.93. The minimum Gasteiger partial charge on any atom is -0.367 e. The van der Waals surface area contributed by atoms with Crippen LogP contribution in [-0.4, -0.2) is 38.4 Å². The van der Waals surface area contributed by atoms with Crippen LogP contribution < -0.4 is 10.6 Å². The van der Waals surface area contributed by atoms with Crippen LogP contribution in [0.15, 0.2) is 36.8 Å². The van der Waals surface area contributed by atoms with Gasteiger partial charge < -0.3 is 15.5 Å². The SMILES string of the molecule is CN1Cc2cc(-c3nc4cnccn4c3NC3CCCCC3)ccc2NC1=O. The van der Waals surface area contributed by atoms with E-state index in [0.717, 1.165) is 34.0 Å². The molecule has 2 N–H and O–H groups in total. The largest absolute Gasteiger partial charge is 0.367 e. The number of hydrogen-bond acceptors (Lipinski definition) is 4. The molecule has 28 heavy (non-hydrogen) atoms. The van der Waals surface area contributed by atoms with E-state index in [1.165, 1.54) is 32.1 Å². The molecule has 1 saturated carbocycles. The van der Waals surface area contributed by atoms with Gasteiger partial charge in [0.2, 0.25) is 0 Å². The van der Waals surface area contributed by atoms with E-state index in [0.29, 0.717) is 12.6 Å². The normalized spacial score (nSPS) is 17.5. The molecule has 7 heteroatoms. The van der Waals surface area contributed by atoms with E-state index in [4.69, 9.17) is 4.98 Å². The number of rotatable bonds is 3. The highest BCUT2D eigenvalue weighted by atomic mass is 16.2. The highest BCUT2D eigenvalue weighted by Gasteiger charge is 2.23. The summed E-state index contributed by atoms with van der Waals surface area (Å²) in [7, 11) is 1.80. The molecule has 144 valence electrons. The first kappa shape index (κ1) is 17.0. The zero-order valence-corrected chi connectivity index (χ0v) is 16.0. The highest BCUT2D eigenvalue weighted by Crippen LogP contribution is 2.34. The van der Waals surface area contributed by atoms with Crippen molar-refractivity contribution in [3.05, 3.63) is 42.4 Å². The fourth-order valence-electron chi connectivity index (χ4n) is 4.22. The summed E-state index contributed by atoms with van der Waals surface area (Å²) in [4.78, 5) is 22.7. The maximum absolute atomic E-state index is 11.9. The number of imidazole rings is 1. The predicted molar refractivity (Wildman–Crippen MR) is 109 cm³/mol. The second-order valence-electron chi connectivity index (χ2n) is 7.75. The molecule has 3 heterocycles. The zero-order chi connectivity index (χ0) is 19.1. The van der Waals surface area contributed by atoms with Gasteiger partial charge in [-0.3, -0.25) is 9.38 Å². The van der Waals surface area contributed by atoms with Gasteiger partial charge in [0.05, 0.1) is 6.20 Å². The van der Waals surface area contributed by atoms with Crippen LogP contribution in [0.3, 0.4) is 0 Å². The summed E-state index contributed by atoms with van der Waals surface area (Å²) in [6, 6.07) is 6.54. The monoisotopic (exact) mass is 376 g/mol. The van der Waals surface area contributed by atoms with E-state index >= 15 is 0 Å². The number of nitrogens with zero attached hydrogens (tertiary/aromatic N) is 4.